The van der Waals surface area contributed by atoms with E-state index < -0.39 is 0 Å². The van der Waals surface area contributed by atoms with E-state index in [4.69, 9.17) is 0 Å². The van der Waals surface area contributed by atoms with Gasteiger partial charge in [-0.2, -0.15) is 23.5 Å². The van der Waals surface area contributed by atoms with Gasteiger partial charge in [0.05, 0.1) is 6.10 Å². The Labute approximate surface area is 103 Å². The first kappa shape index (κ1) is 13.7. The first-order chi connectivity index (χ1) is 6.90. The molecule has 0 aromatic carbocycles. The minimum atomic E-state index is -0.114. The van der Waals surface area contributed by atoms with Gasteiger partial charge in [-0.05, 0) is 18.3 Å². The van der Waals surface area contributed by atoms with Gasteiger partial charge >= 0.3 is 0 Å². The summed E-state index contributed by atoms with van der Waals surface area (Å²) >= 11 is 3.97. The molecule has 0 radical (unpaired) electrons. The van der Waals surface area contributed by atoms with Crippen LogP contribution in [0.2, 0.25) is 0 Å². The third-order valence-electron chi connectivity index (χ3n) is 2.81. The Morgan fingerprint density at radius 1 is 1.27 bits per heavy atom. The molecule has 0 aromatic rings. The summed E-state index contributed by atoms with van der Waals surface area (Å²) in [4.78, 5) is 0. The Bertz CT molecular complexity index is 189. The minimum Gasteiger partial charge on any atom is -0.392 e. The molecule has 0 spiro atoms. The normalized spacial score (nSPS) is 30.2. The lowest BCUT2D eigenvalue weighted by Gasteiger charge is -2.32. The average molecular weight is 248 g/mol. The molecular formula is C12H24OS2. The predicted octanol–water partition coefficient (Wildman–Crippen LogP) is 3.41. The molecule has 90 valence electrons. The molecule has 0 aromatic heterocycles. The van der Waals surface area contributed by atoms with Crippen LogP contribution in [0, 0.1) is 5.41 Å². The van der Waals surface area contributed by atoms with Crippen molar-refractivity contribution in [3.63, 3.8) is 0 Å². The minimum absolute atomic E-state index is 0.114. The average Bonchev–Trinajstić information content (AvgIpc) is 2.14. The smallest absolute Gasteiger partial charge is 0.0669 e. The molecule has 1 saturated heterocycles. The molecule has 0 aliphatic carbocycles. The number of hydrogen-bond acceptors (Lipinski definition) is 3. The van der Waals surface area contributed by atoms with Gasteiger partial charge in [0.15, 0.2) is 0 Å². The lowest BCUT2D eigenvalue weighted by atomic mass is 9.88. The van der Waals surface area contributed by atoms with E-state index in [2.05, 4.69) is 27.7 Å². The number of rotatable bonds is 3. The van der Waals surface area contributed by atoms with Crippen LogP contribution in [0.25, 0.3) is 0 Å². The van der Waals surface area contributed by atoms with E-state index in [0.29, 0.717) is 15.9 Å². The van der Waals surface area contributed by atoms with Crippen molar-refractivity contribution in [3.8, 4) is 0 Å². The molecule has 0 saturated carbocycles. The fourth-order valence-electron chi connectivity index (χ4n) is 1.82. The van der Waals surface area contributed by atoms with Gasteiger partial charge in [-0.15, -0.1) is 0 Å². The Morgan fingerprint density at radius 2 is 1.87 bits per heavy atom. The third kappa shape index (κ3) is 5.01. The van der Waals surface area contributed by atoms with E-state index in [9.17, 15) is 5.11 Å². The topological polar surface area (TPSA) is 20.2 Å². The van der Waals surface area contributed by atoms with Crippen LogP contribution in [0.3, 0.4) is 0 Å². The molecule has 1 nitrogen and oxygen atoms in total. The number of hydrogen-bond donors (Lipinski definition) is 1. The molecule has 0 bridgehead atoms. The van der Waals surface area contributed by atoms with Crippen molar-refractivity contribution in [2.45, 2.75) is 57.1 Å². The van der Waals surface area contributed by atoms with E-state index >= 15 is 0 Å². The Morgan fingerprint density at radius 3 is 2.40 bits per heavy atom. The van der Waals surface area contributed by atoms with Crippen molar-refractivity contribution in [2.75, 3.05) is 11.5 Å². The SMILES string of the molecule is CC1SCCSC1C(O)CCC(C)(C)C. The molecule has 1 heterocycles. The fraction of sp³-hybridized carbons (Fsp3) is 1.00. The quantitative estimate of drug-likeness (QED) is 0.826. The van der Waals surface area contributed by atoms with E-state index in [1.54, 1.807) is 0 Å². The monoisotopic (exact) mass is 248 g/mol. The molecule has 1 aliphatic heterocycles. The molecule has 3 heteroatoms. The largest absolute Gasteiger partial charge is 0.392 e. The standard InChI is InChI=1S/C12H24OS2/c1-9-11(15-8-7-14-9)10(13)5-6-12(2,3)4/h9-11,13H,5-8H2,1-4H3. The van der Waals surface area contributed by atoms with Crippen LogP contribution < -0.4 is 0 Å². The lowest BCUT2D eigenvalue weighted by molar-refractivity contribution is 0.142. The van der Waals surface area contributed by atoms with Gasteiger partial charge in [-0.3, -0.25) is 0 Å². The second-order valence-electron chi connectivity index (χ2n) is 5.58. The van der Waals surface area contributed by atoms with Crippen LogP contribution in [0.1, 0.15) is 40.5 Å². The van der Waals surface area contributed by atoms with Crippen molar-refractivity contribution in [3.05, 3.63) is 0 Å². The summed E-state index contributed by atoms with van der Waals surface area (Å²) in [6.45, 7) is 8.98. The van der Waals surface area contributed by atoms with E-state index in [1.165, 1.54) is 11.5 Å². The fourth-order valence-corrected chi connectivity index (χ4v) is 4.70. The summed E-state index contributed by atoms with van der Waals surface area (Å²) in [6.07, 6.45) is 1.95. The first-order valence-corrected chi connectivity index (χ1v) is 7.91. The van der Waals surface area contributed by atoms with E-state index in [1.807, 2.05) is 23.5 Å². The number of aliphatic hydroxyl groups is 1. The van der Waals surface area contributed by atoms with Gasteiger partial charge in [-0.1, -0.05) is 27.7 Å². The van der Waals surface area contributed by atoms with Gasteiger partial charge < -0.3 is 5.11 Å². The second kappa shape index (κ2) is 5.83. The zero-order chi connectivity index (χ0) is 11.5. The highest BCUT2D eigenvalue weighted by Crippen LogP contribution is 2.35. The first-order valence-electron chi connectivity index (χ1n) is 5.81. The molecule has 1 aliphatic rings. The lowest BCUT2D eigenvalue weighted by Crippen LogP contribution is -2.35. The molecule has 1 fully saturated rings. The van der Waals surface area contributed by atoms with Crippen molar-refractivity contribution >= 4 is 23.5 Å². The van der Waals surface area contributed by atoms with Crippen molar-refractivity contribution in [2.24, 2.45) is 5.41 Å². The Kier molecular flexibility index (Phi) is 5.33. The summed E-state index contributed by atoms with van der Waals surface area (Å²) < 4.78 is 0. The van der Waals surface area contributed by atoms with Crippen LogP contribution in [0.5, 0.6) is 0 Å². The van der Waals surface area contributed by atoms with Crippen LogP contribution in [-0.2, 0) is 0 Å². The summed E-state index contributed by atoms with van der Waals surface area (Å²) in [6, 6.07) is 0. The van der Waals surface area contributed by atoms with E-state index in [0.717, 1.165) is 12.8 Å². The number of thioether (sulfide) groups is 2. The summed E-state index contributed by atoms with van der Waals surface area (Å²) in [5.41, 5.74) is 0.344. The highest BCUT2D eigenvalue weighted by molar-refractivity contribution is 8.07. The van der Waals surface area contributed by atoms with Crippen molar-refractivity contribution in [1.29, 1.82) is 0 Å². The maximum Gasteiger partial charge on any atom is 0.0669 e. The van der Waals surface area contributed by atoms with Crippen LogP contribution in [-0.4, -0.2) is 33.2 Å². The van der Waals surface area contributed by atoms with Crippen molar-refractivity contribution in [1.82, 2.24) is 0 Å². The number of aliphatic hydroxyl groups excluding tert-OH is 1. The van der Waals surface area contributed by atoms with Gasteiger partial charge in [0.1, 0.15) is 0 Å². The molecular weight excluding hydrogens is 224 g/mol. The maximum absolute atomic E-state index is 10.2. The van der Waals surface area contributed by atoms with Gasteiger partial charge in [0, 0.05) is 22.0 Å². The Balaban J connectivity index is 2.35. The van der Waals surface area contributed by atoms with Crippen LogP contribution in [0.4, 0.5) is 0 Å². The van der Waals surface area contributed by atoms with Crippen LogP contribution >= 0.6 is 23.5 Å². The molecule has 1 N–H and O–H groups in total. The molecule has 1 rings (SSSR count). The molecule has 0 amide bonds. The van der Waals surface area contributed by atoms with Gasteiger partial charge in [-0.25, -0.2) is 0 Å². The van der Waals surface area contributed by atoms with Gasteiger partial charge in [0.2, 0.25) is 0 Å². The Hall–Kier alpha value is 0.660. The maximum atomic E-state index is 10.2. The predicted molar refractivity (Wildman–Crippen MR) is 72.9 cm³/mol. The summed E-state index contributed by atoms with van der Waals surface area (Å²) in [7, 11) is 0. The second-order valence-corrected chi connectivity index (χ2v) is 8.35. The summed E-state index contributed by atoms with van der Waals surface area (Å²) in [5, 5.41) is 11.2. The zero-order valence-corrected chi connectivity index (χ0v) is 12.0. The highest BCUT2D eigenvalue weighted by atomic mass is 32.2. The highest BCUT2D eigenvalue weighted by Gasteiger charge is 2.29. The molecule has 15 heavy (non-hydrogen) atoms. The molecule has 3 unspecified atom stereocenters. The van der Waals surface area contributed by atoms with Crippen LogP contribution in [0.15, 0.2) is 0 Å². The third-order valence-corrected chi connectivity index (χ3v) is 6.04. The van der Waals surface area contributed by atoms with Crippen molar-refractivity contribution < 1.29 is 5.11 Å². The molecule has 3 atom stereocenters. The zero-order valence-electron chi connectivity index (χ0n) is 10.3. The summed E-state index contributed by atoms with van der Waals surface area (Å²) in [5.74, 6) is 2.45. The van der Waals surface area contributed by atoms with E-state index in [-0.39, 0.29) is 6.10 Å². The van der Waals surface area contributed by atoms with Gasteiger partial charge in [0.25, 0.3) is 0 Å².